The van der Waals surface area contributed by atoms with Gasteiger partial charge in [0.2, 0.25) is 5.91 Å². The SMILES string of the molecule is NC(=O)C1(N)CCCC(N2CCCN3CCCC3C2)C1. The molecule has 5 nitrogen and oxygen atoms in total. The van der Waals surface area contributed by atoms with Gasteiger partial charge in [-0.2, -0.15) is 0 Å². The molecule has 114 valence electrons. The lowest BCUT2D eigenvalue weighted by Crippen LogP contribution is -2.58. The summed E-state index contributed by atoms with van der Waals surface area (Å²) >= 11 is 0. The van der Waals surface area contributed by atoms with Gasteiger partial charge in [0.25, 0.3) is 0 Å². The second-order valence-corrected chi connectivity index (χ2v) is 6.95. The van der Waals surface area contributed by atoms with Gasteiger partial charge in [0.05, 0.1) is 5.54 Å². The lowest BCUT2D eigenvalue weighted by molar-refractivity contribution is -0.125. The maximum atomic E-state index is 11.6. The summed E-state index contributed by atoms with van der Waals surface area (Å²) in [5.74, 6) is -0.320. The molecule has 0 aromatic rings. The number of hydrogen-bond donors (Lipinski definition) is 2. The standard InChI is InChI=1S/C15H28N4O/c16-14(20)15(17)6-1-4-12(10-15)19-9-3-8-18-7-2-5-13(18)11-19/h12-13H,1-11,17H2,(H2,16,20). The molecule has 2 heterocycles. The zero-order valence-corrected chi connectivity index (χ0v) is 12.4. The minimum absolute atomic E-state index is 0.320. The summed E-state index contributed by atoms with van der Waals surface area (Å²) < 4.78 is 0. The second kappa shape index (κ2) is 5.62. The number of nitrogens with two attached hydrogens (primary N) is 2. The molecule has 3 rings (SSSR count). The molecule has 0 radical (unpaired) electrons. The van der Waals surface area contributed by atoms with Crippen molar-refractivity contribution in [3.8, 4) is 0 Å². The largest absolute Gasteiger partial charge is 0.368 e. The third kappa shape index (κ3) is 2.71. The van der Waals surface area contributed by atoms with Gasteiger partial charge >= 0.3 is 0 Å². The van der Waals surface area contributed by atoms with Crippen molar-refractivity contribution in [2.24, 2.45) is 11.5 Å². The van der Waals surface area contributed by atoms with Crippen LogP contribution in [0.15, 0.2) is 0 Å². The number of hydrogen-bond acceptors (Lipinski definition) is 4. The number of primary amides is 1. The van der Waals surface area contributed by atoms with E-state index in [4.69, 9.17) is 11.5 Å². The van der Waals surface area contributed by atoms with Crippen LogP contribution in [0.4, 0.5) is 0 Å². The van der Waals surface area contributed by atoms with E-state index in [2.05, 4.69) is 9.80 Å². The molecule has 0 aromatic carbocycles. The molecule has 3 fully saturated rings. The summed E-state index contributed by atoms with van der Waals surface area (Å²) in [7, 11) is 0. The molecule has 3 unspecified atom stereocenters. The fourth-order valence-corrected chi connectivity index (χ4v) is 4.38. The summed E-state index contributed by atoms with van der Waals surface area (Å²) in [4.78, 5) is 16.9. The van der Waals surface area contributed by atoms with Crippen molar-refractivity contribution in [3.63, 3.8) is 0 Å². The molecule has 0 aromatic heterocycles. The summed E-state index contributed by atoms with van der Waals surface area (Å²) in [5.41, 5.74) is 11.0. The van der Waals surface area contributed by atoms with Crippen LogP contribution in [0, 0.1) is 0 Å². The molecule has 4 N–H and O–H groups in total. The number of nitrogens with zero attached hydrogens (tertiary/aromatic N) is 2. The maximum absolute atomic E-state index is 11.6. The van der Waals surface area contributed by atoms with Crippen LogP contribution in [0.5, 0.6) is 0 Å². The lowest BCUT2D eigenvalue weighted by Gasteiger charge is -2.41. The molecule has 20 heavy (non-hydrogen) atoms. The molecule has 0 spiro atoms. The zero-order chi connectivity index (χ0) is 14.2. The number of carbonyl (C=O) groups is 1. The van der Waals surface area contributed by atoms with Crippen molar-refractivity contribution < 1.29 is 4.79 Å². The van der Waals surface area contributed by atoms with Crippen LogP contribution in [0.2, 0.25) is 0 Å². The maximum Gasteiger partial charge on any atom is 0.237 e. The Labute approximate surface area is 121 Å². The molecule has 1 aliphatic carbocycles. The summed E-state index contributed by atoms with van der Waals surface area (Å²) in [6, 6.07) is 1.17. The van der Waals surface area contributed by atoms with Crippen LogP contribution in [0.1, 0.15) is 44.9 Å². The van der Waals surface area contributed by atoms with Gasteiger partial charge in [-0.3, -0.25) is 14.6 Å². The van der Waals surface area contributed by atoms with Gasteiger partial charge in [-0.15, -0.1) is 0 Å². The lowest BCUT2D eigenvalue weighted by atomic mass is 9.78. The third-order valence-electron chi connectivity index (χ3n) is 5.60. The first-order valence-electron chi connectivity index (χ1n) is 8.15. The van der Waals surface area contributed by atoms with Crippen LogP contribution >= 0.6 is 0 Å². The molecule has 2 aliphatic heterocycles. The van der Waals surface area contributed by atoms with Gasteiger partial charge in [-0.05, 0) is 64.6 Å². The smallest absolute Gasteiger partial charge is 0.237 e. The Kier molecular flexibility index (Phi) is 4.02. The average molecular weight is 280 g/mol. The van der Waals surface area contributed by atoms with E-state index < -0.39 is 5.54 Å². The van der Waals surface area contributed by atoms with Gasteiger partial charge in [-0.1, -0.05) is 0 Å². The van der Waals surface area contributed by atoms with Crippen LogP contribution < -0.4 is 11.5 Å². The molecule has 3 aliphatic rings. The minimum atomic E-state index is -0.773. The van der Waals surface area contributed by atoms with Gasteiger partial charge in [0.15, 0.2) is 0 Å². The van der Waals surface area contributed by atoms with Crippen LogP contribution in [0.25, 0.3) is 0 Å². The monoisotopic (exact) mass is 280 g/mol. The fourth-order valence-electron chi connectivity index (χ4n) is 4.38. The van der Waals surface area contributed by atoms with Crippen molar-refractivity contribution in [1.82, 2.24) is 9.80 Å². The first-order valence-corrected chi connectivity index (χ1v) is 8.15. The Morgan fingerprint density at radius 1 is 1.00 bits per heavy atom. The Balaban J connectivity index is 1.67. The van der Waals surface area contributed by atoms with E-state index in [0.717, 1.165) is 38.4 Å². The zero-order valence-electron chi connectivity index (χ0n) is 12.4. The number of rotatable bonds is 2. The molecule has 1 saturated carbocycles. The summed E-state index contributed by atoms with van der Waals surface area (Å²) in [6.07, 6.45) is 7.59. The normalized spacial score (nSPS) is 40.2. The predicted molar refractivity (Wildman–Crippen MR) is 79.2 cm³/mol. The van der Waals surface area contributed by atoms with Gasteiger partial charge in [0.1, 0.15) is 0 Å². The molecule has 0 bridgehead atoms. The minimum Gasteiger partial charge on any atom is -0.368 e. The van der Waals surface area contributed by atoms with Crippen LogP contribution in [-0.2, 0) is 4.79 Å². The molecule has 1 amide bonds. The highest BCUT2D eigenvalue weighted by Crippen LogP contribution is 2.31. The summed E-state index contributed by atoms with van der Waals surface area (Å²) in [6.45, 7) is 4.80. The number of fused-ring (bicyclic) bond motifs is 1. The molecular formula is C15H28N4O. The molecule has 3 atom stereocenters. The van der Waals surface area contributed by atoms with E-state index >= 15 is 0 Å². The predicted octanol–water partition coefficient (Wildman–Crippen LogP) is 0.282. The van der Waals surface area contributed by atoms with Gasteiger partial charge < -0.3 is 11.5 Å². The number of carbonyl (C=O) groups excluding carboxylic acids is 1. The van der Waals surface area contributed by atoms with E-state index in [1.807, 2.05) is 0 Å². The Bertz CT molecular complexity index is 375. The highest BCUT2D eigenvalue weighted by Gasteiger charge is 2.41. The fraction of sp³-hybridized carbons (Fsp3) is 0.933. The molecule has 2 saturated heterocycles. The average Bonchev–Trinajstić information content (AvgIpc) is 2.76. The van der Waals surface area contributed by atoms with Crippen molar-refractivity contribution in [2.75, 3.05) is 26.2 Å². The first kappa shape index (κ1) is 14.3. The van der Waals surface area contributed by atoms with Crippen LogP contribution in [0.3, 0.4) is 0 Å². The van der Waals surface area contributed by atoms with E-state index in [9.17, 15) is 4.79 Å². The van der Waals surface area contributed by atoms with E-state index in [1.165, 1.54) is 38.8 Å². The third-order valence-corrected chi connectivity index (χ3v) is 5.60. The quantitative estimate of drug-likeness (QED) is 0.762. The Hall–Kier alpha value is -0.650. The molecule has 5 heteroatoms. The van der Waals surface area contributed by atoms with E-state index in [-0.39, 0.29) is 5.91 Å². The van der Waals surface area contributed by atoms with Gasteiger partial charge in [-0.25, -0.2) is 0 Å². The first-order chi connectivity index (χ1) is 9.58. The highest BCUT2D eigenvalue weighted by atomic mass is 16.1. The highest BCUT2D eigenvalue weighted by molar-refractivity contribution is 5.84. The number of amides is 1. The van der Waals surface area contributed by atoms with Crippen molar-refractivity contribution >= 4 is 5.91 Å². The Morgan fingerprint density at radius 2 is 1.70 bits per heavy atom. The summed E-state index contributed by atoms with van der Waals surface area (Å²) in [5, 5.41) is 0. The van der Waals surface area contributed by atoms with E-state index in [1.54, 1.807) is 0 Å². The van der Waals surface area contributed by atoms with E-state index in [0.29, 0.717) is 6.04 Å². The van der Waals surface area contributed by atoms with Crippen molar-refractivity contribution in [1.29, 1.82) is 0 Å². The van der Waals surface area contributed by atoms with Crippen LogP contribution in [-0.4, -0.2) is 59.5 Å². The van der Waals surface area contributed by atoms with Crippen molar-refractivity contribution in [2.45, 2.75) is 62.6 Å². The Morgan fingerprint density at radius 3 is 2.50 bits per heavy atom. The van der Waals surface area contributed by atoms with Crippen molar-refractivity contribution in [3.05, 3.63) is 0 Å². The van der Waals surface area contributed by atoms with Gasteiger partial charge in [0, 0.05) is 18.6 Å². The topological polar surface area (TPSA) is 75.6 Å². The second-order valence-electron chi connectivity index (χ2n) is 6.95. The molecular weight excluding hydrogens is 252 g/mol.